The van der Waals surface area contributed by atoms with Crippen LogP contribution in [0.1, 0.15) is 17.3 Å². The molecule has 3 rings (SSSR count). The molecule has 0 fully saturated rings. The molecule has 0 radical (unpaired) electrons. The number of hydrogen-bond acceptors (Lipinski definition) is 5. The number of benzene rings is 1. The Bertz CT molecular complexity index is 839. The van der Waals surface area contributed by atoms with E-state index in [1.54, 1.807) is 48.4 Å². The van der Waals surface area contributed by atoms with Crippen molar-refractivity contribution in [2.75, 3.05) is 11.9 Å². The second-order valence-electron chi connectivity index (χ2n) is 5.04. The Morgan fingerprint density at radius 2 is 1.84 bits per heavy atom. The van der Waals surface area contributed by atoms with Gasteiger partial charge in [-0.3, -0.25) is 4.79 Å². The third-order valence-corrected chi connectivity index (χ3v) is 4.24. The van der Waals surface area contributed by atoms with Crippen LogP contribution in [0.5, 0.6) is 5.88 Å². The SMILES string of the molecule is CCOc1ncccc1NC(=O)c1ccc(Sc2ccccn2)cc1. The minimum Gasteiger partial charge on any atom is -0.476 e. The largest absolute Gasteiger partial charge is 0.476 e. The molecule has 1 amide bonds. The fraction of sp³-hybridized carbons (Fsp3) is 0.105. The van der Waals surface area contributed by atoms with Gasteiger partial charge in [-0.2, -0.15) is 0 Å². The average molecular weight is 351 g/mol. The molecule has 3 aromatic rings. The van der Waals surface area contributed by atoms with Gasteiger partial charge in [-0.15, -0.1) is 0 Å². The minimum atomic E-state index is -0.205. The van der Waals surface area contributed by atoms with E-state index in [1.807, 2.05) is 37.3 Å². The van der Waals surface area contributed by atoms with E-state index in [0.717, 1.165) is 9.92 Å². The molecule has 5 nitrogen and oxygen atoms in total. The topological polar surface area (TPSA) is 64.1 Å². The number of nitrogens with one attached hydrogen (secondary N) is 1. The quantitative estimate of drug-likeness (QED) is 0.718. The van der Waals surface area contributed by atoms with Crippen molar-refractivity contribution in [3.05, 3.63) is 72.6 Å². The summed E-state index contributed by atoms with van der Waals surface area (Å²) < 4.78 is 5.42. The Labute approximate surface area is 150 Å². The first-order valence-electron chi connectivity index (χ1n) is 7.84. The maximum atomic E-state index is 12.4. The molecule has 1 N–H and O–H groups in total. The van der Waals surface area contributed by atoms with E-state index >= 15 is 0 Å². The van der Waals surface area contributed by atoms with Crippen molar-refractivity contribution < 1.29 is 9.53 Å². The van der Waals surface area contributed by atoms with Gasteiger partial charge in [0.2, 0.25) is 5.88 Å². The van der Waals surface area contributed by atoms with Crippen molar-refractivity contribution in [3.8, 4) is 5.88 Å². The summed E-state index contributed by atoms with van der Waals surface area (Å²) in [5.74, 6) is 0.212. The van der Waals surface area contributed by atoms with E-state index in [2.05, 4.69) is 15.3 Å². The first-order valence-corrected chi connectivity index (χ1v) is 8.66. The van der Waals surface area contributed by atoms with E-state index in [-0.39, 0.29) is 5.91 Å². The highest BCUT2D eigenvalue weighted by Crippen LogP contribution is 2.26. The maximum Gasteiger partial charge on any atom is 0.255 e. The lowest BCUT2D eigenvalue weighted by atomic mass is 10.2. The Kier molecular flexibility index (Phi) is 5.64. The lowest BCUT2D eigenvalue weighted by molar-refractivity contribution is 0.102. The minimum absolute atomic E-state index is 0.205. The molecule has 0 bridgehead atoms. The Hall–Kier alpha value is -2.86. The molecule has 0 aliphatic carbocycles. The molecule has 0 spiro atoms. The zero-order valence-electron chi connectivity index (χ0n) is 13.7. The Morgan fingerprint density at radius 3 is 2.56 bits per heavy atom. The number of anilines is 1. The summed E-state index contributed by atoms with van der Waals surface area (Å²) >= 11 is 1.55. The summed E-state index contributed by atoms with van der Waals surface area (Å²) in [6.07, 6.45) is 3.39. The summed E-state index contributed by atoms with van der Waals surface area (Å²) in [5.41, 5.74) is 1.12. The third-order valence-electron chi connectivity index (χ3n) is 3.28. The fourth-order valence-corrected chi connectivity index (χ4v) is 2.91. The summed E-state index contributed by atoms with van der Waals surface area (Å²) in [5, 5.41) is 3.75. The summed E-state index contributed by atoms with van der Waals surface area (Å²) in [6.45, 7) is 2.36. The second-order valence-corrected chi connectivity index (χ2v) is 6.13. The molecule has 25 heavy (non-hydrogen) atoms. The number of rotatable bonds is 6. The van der Waals surface area contributed by atoms with E-state index in [0.29, 0.717) is 23.7 Å². The lowest BCUT2D eigenvalue weighted by Gasteiger charge is -2.10. The van der Waals surface area contributed by atoms with Crippen molar-refractivity contribution >= 4 is 23.4 Å². The van der Waals surface area contributed by atoms with Crippen LogP contribution in [-0.4, -0.2) is 22.5 Å². The summed E-state index contributed by atoms with van der Waals surface area (Å²) in [4.78, 5) is 21.9. The molecule has 0 unspecified atom stereocenters. The molecule has 0 aliphatic heterocycles. The van der Waals surface area contributed by atoms with Gasteiger partial charge < -0.3 is 10.1 Å². The molecule has 6 heteroatoms. The number of carbonyl (C=O) groups is 1. The van der Waals surface area contributed by atoms with E-state index in [4.69, 9.17) is 4.74 Å². The van der Waals surface area contributed by atoms with Crippen LogP contribution >= 0.6 is 11.8 Å². The molecular formula is C19H17N3O2S. The Morgan fingerprint density at radius 1 is 1.04 bits per heavy atom. The average Bonchev–Trinajstić information content (AvgIpc) is 2.65. The van der Waals surface area contributed by atoms with Gasteiger partial charge >= 0.3 is 0 Å². The van der Waals surface area contributed by atoms with Gasteiger partial charge in [0, 0.05) is 22.9 Å². The number of ether oxygens (including phenoxy) is 1. The molecule has 1 aromatic carbocycles. The second kappa shape index (κ2) is 8.30. The van der Waals surface area contributed by atoms with Crippen LogP contribution in [0.25, 0.3) is 0 Å². The molecule has 2 heterocycles. The summed E-state index contributed by atoms with van der Waals surface area (Å²) in [7, 11) is 0. The lowest BCUT2D eigenvalue weighted by Crippen LogP contribution is -2.13. The molecule has 0 aliphatic rings. The molecule has 2 aromatic heterocycles. The van der Waals surface area contributed by atoms with Gasteiger partial charge in [0.25, 0.3) is 5.91 Å². The van der Waals surface area contributed by atoms with Crippen molar-refractivity contribution in [2.45, 2.75) is 16.8 Å². The highest BCUT2D eigenvalue weighted by molar-refractivity contribution is 7.99. The van der Waals surface area contributed by atoms with E-state index in [9.17, 15) is 4.79 Å². The van der Waals surface area contributed by atoms with Gasteiger partial charge in [0.1, 0.15) is 10.7 Å². The monoisotopic (exact) mass is 351 g/mol. The molecule has 0 atom stereocenters. The molecular weight excluding hydrogens is 334 g/mol. The zero-order valence-corrected chi connectivity index (χ0v) is 14.5. The van der Waals surface area contributed by atoms with Crippen LogP contribution in [0.15, 0.2) is 76.9 Å². The predicted octanol–water partition coefficient (Wildman–Crippen LogP) is 4.28. The number of hydrogen-bond donors (Lipinski definition) is 1. The van der Waals surface area contributed by atoms with Crippen LogP contribution < -0.4 is 10.1 Å². The number of carbonyl (C=O) groups excluding carboxylic acids is 1. The standard InChI is InChI=1S/C19H17N3O2S/c1-2-24-19-16(6-5-13-21-19)22-18(23)14-8-10-15(11-9-14)25-17-7-3-4-12-20-17/h3-13H,2H2,1H3,(H,22,23). The van der Waals surface area contributed by atoms with Crippen LogP contribution in [0.2, 0.25) is 0 Å². The van der Waals surface area contributed by atoms with Crippen molar-refractivity contribution in [3.63, 3.8) is 0 Å². The first-order chi connectivity index (χ1) is 12.3. The van der Waals surface area contributed by atoms with Gasteiger partial charge in [-0.05, 0) is 55.5 Å². The molecule has 0 saturated heterocycles. The van der Waals surface area contributed by atoms with Gasteiger partial charge in [0.05, 0.1) is 6.61 Å². The zero-order chi connectivity index (χ0) is 17.5. The number of pyridine rings is 2. The fourth-order valence-electron chi connectivity index (χ4n) is 2.13. The van der Waals surface area contributed by atoms with Crippen LogP contribution in [0.3, 0.4) is 0 Å². The van der Waals surface area contributed by atoms with Gasteiger partial charge in [-0.1, -0.05) is 17.8 Å². The van der Waals surface area contributed by atoms with Crippen LogP contribution in [-0.2, 0) is 0 Å². The maximum absolute atomic E-state index is 12.4. The van der Waals surface area contributed by atoms with Crippen LogP contribution in [0.4, 0.5) is 5.69 Å². The first kappa shape index (κ1) is 17.0. The van der Waals surface area contributed by atoms with E-state index in [1.165, 1.54) is 0 Å². The van der Waals surface area contributed by atoms with Crippen molar-refractivity contribution in [2.24, 2.45) is 0 Å². The summed E-state index contributed by atoms with van der Waals surface area (Å²) in [6, 6.07) is 16.7. The highest BCUT2D eigenvalue weighted by Gasteiger charge is 2.10. The number of nitrogens with zero attached hydrogens (tertiary/aromatic N) is 2. The van der Waals surface area contributed by atoms with Gasteiger partial charge in [-0.25, -0.2) is 9.97 Å². The van der Waals surface area contributed by atoms with Gasteiger partial charge in [0.15, 0.2) is 0 Å². The number of amides is 1. The van der Waals surface area contributed by atoms with E-state index < -0.39 is 0 Å². The Balaban J connectivity index is 1.69. The normalized spacial score (nSPS) is 10.3. The smallest absolute Gasteiger partial charge is 0.255 e. The highest BCUT2D eigenvalue weighted by atomic mass is 32.2. The predicted molar refractivity (Wildman–Crippen MR) is 98.2 cm³/mol. The molecule has 126 valence electrons. The van der Waals surface area contributed by atoms with Crippen molar-refractivity contribution in [1.29, 1.82) is 0 Å². The van der Waals surface area contributed by atoms with Crippen molar-refractivity contribution in [1.82, 2.24) is 9.97 Å². The van der Waals surface area contributed by atoms with Crippen LogP contribution in [0, 0.1) is 0 Å². The molecule has 0 saturated carbocycles. The third kappa shape index (κ3) is 4.58. The number of aromatic nitrogens is 2.